The van der Waals surface area contributed by atoms with Crippen LogP contribution in [0.25, 0.3) is 0 Å². The molecule has 0 saturated carbocycles. The lowest BCUT2D eigenvalue weighted by Gasteiger charge is -2.12. The monoisotopic (exact) mass is 389 g/mol. The highest BCUT2D eigenvalue weighted by molar-refractivity contribution is 7.71. The van der Waals surface area contributed by atoms with Crippen LogP contribution in [-0.2, 0) is 22.6 Å². The molecule has 0 spiro atoms. The molecule has 2 heterocycles. The maximum absolute atomic E-state index is 12.3. The van der Waals surface area contributed by atoms with E-state index in [-0.39, 0.29) is 24.4 Å². The second-order valence-electron chi connectivity index (χ2n) is 6.36. The molecule has 27 heavy (non-hydrogen) atoms. The number of carbonyl (C=O) groups excluding carboxylic acids is 2. The molecule has 0 aliphatic carbocycles. The predicted molar refractivity (Wildman–Crippen MR) is 102 cm³/mol. The first-order valence-electron chi connectivity index (χ1n) is 8.87. The molecule has 10 heteroatoms. The fourth-order valence-electron chi connectivity index (χ4n) is 2.96. The third-order valence-corrected chi connectivity index (χ3v) is 4.67. The third-order valence-electron chi connectivity index (χ3n) is 4.36. The van der Waals surface area contributed by atoms with E-state index in [1.54, 1.807) is 4.57 Å². The Morgan fingerprint density at radius 2 is 2.04 bits per heavy atom. The first-order valence-corrected chi connectivity index (χ1v) is 9.28. The maximum Gasteiger partial charge on any atom is 0.258 e. The van der Waals surface area contributed by atoms with Gasteiger partial charge in [0.25, 0.3) is 11.8 Å². The van der Waals surface area contributed by atoms with E-state index < -0.39 is 6.04 Å². The highest BCUT2D eigenvalue weighted by atomic mass is 32.1. The van der Waals surface area contributed by atoms with Gasteiger partial charge in [0.15, 0.2) is 4.77 Å². The van der Waals surface area contributed by atoms with E-state index in [1.807, 2.05) is 37.3 Å². The molecule has 2 aromatic rings. The largest absolute Gasteiger partial charge is 0.295 e. The van der Waals surface area contributed by atoms with Gasteiger partial charge in [0.2, 0.25) is 0 Å². The van der Waals surface area contributed by atoms with E-state index in [0.717, 1.165) is 17.8 Å². The van der Waals surface area contributed by atoms with Crippen molar-refractivity contribution in [3.05, 3.63) is 46.5 Å². The van der Waals surface area contributed by atoms with E-state index in [4.69, 9.17) is 12.2 Å². The quantitative estimate of drug-likeness (QED) is 0.366. The smallest absolute Gasteiger partial charge is 0.258 e. The van der Waals surface area contributed by atoms with Gasteiger partial charge in [-0.25, -0.2) is 10.9 Å². The first-order chi connectivity index (χ1) is 13.1. The number of benzene rings is 1. The molecule has 1 aliphatic rings. The zero-order valence-electron chi connectivity index (χ0n) is 15.0. The molecule has 0 radical (unpaired) electrons. The van der Waals surface area contributed by atoms with Crippen molar-refractivity contribution in [1.82, 2.24) is 36.5 Å². The summed E-state index contributed by atoms with van der Waals surface area (Å²) in [6.45, 7) is 2.02. The lowest BCUT2D eigenvalue weighted by atomic mass is 10.0. The highest BCUT2D eigenvalue weighted by Gasteiger charge is 2.30. The van der Waals surface area contributed by atoms with Gasteiger partial charge in [-0.3, -0.25) is 30.1 Å². The Balaban J connectivity index is 1.49. The van der Waals surface area contributed by atoms with Gasteiger partial charge in [0.1, 0.15) is 18.4 Å². The van der Waals surface area contributed by atoms with Gasteiger partial charge in [-0.2, -0.15) is 5.10 Å². The van der Waals surface area contributed by atoms with Gasteiger partial charge in [0.05, 0.1) is 0 Å². The minimum Gasteiger partial charge on any atom is -0.295 e. The van der Waals surface area contributed by atoms with Crippen LogP contribution in [0.4, 0.5) is 0 Å². The Bertz CT molecular complexity index is 848. The van der Waals surface area contributed by atoms with E-state index in [1.165, 1.54) is 0 Å². The Labute approximate surface area is 161 Å². The summed E-state index contributed by atoms with van der Waals surface area (Å²) in [7, 11) is 0. The lowest BCUT2D eigenvalue weighted by Crippen LogP contribution is -2.50. The number of aryl methyl sites for hydroxylation is 1. The van der Waals surface area contributed by atoms with Crippen LogP contribution >= 0.6 is 12.2 Å². The van der Waals surface area contributed by atoms with Gasteiger partial charge in [-0.05, 0) is 30.6 Å². The highest BCUT2D eigenvalue weighted by Crippen LogP contribution is 2.21. The Morgan fingerprint density at radius 3 is 2.78 bits per heavy atom. The van der Waals surface area contributed by atoms with E-state index >= 15 is 0 Å². The average molecular weight is 389 g/mol. The zero-order chi connectivity index (χ0) is 19.2. The van der Waals surface area contributed by atoms with Crippen LogP contribution in [-0.4, -0.2) is 32.6 Å². The molecular weight excluding hydrogens is 366 g/mol. The lowest BCUT2D eigenvalue weighted by molar-refractivity contribution is -0.130. The van der Waals surface area contributed by atoms with Crippen LogP contribution in [0.2, 0.25) is 0 Å². The number of H-pyrrole nitrogens is 1. The van der Waals surface area contributed by atoms with Gasteiger partial charge < -0.3 is 0 Å². The van der Waals surface area contributed by atoms with Crippen LogP contribution in [0.1, 0.15) is 37.2 Å². The summed E-state index contributed by atoms with van der Waals surface area (Å²) in [5.41, 5.74) is 12.1. The third kappa shape index (κ3) is 4.79. The summed E-state index contributed by atoms with van der Waals surface area (Å²) < 4.78 is 2.01. The number of nitrogens with zero attached hydrogens (tertiary/aromatic N) is 2. The Hall–Kier alpha value is -2.56. The van der Waals surface area contributed by atoms with Crippen molar-refractivity contribution in [2.45, 2.75) is 44.8 Å². The normalized spacial score (nSPS) is 19.0. The number of hydrogen-bond donors (Lipinski definition) is 5. The molecule has 1 aliphatic heterocycles. The van der Waals surface area contributed by atoms with Crippen molar-refractivity contribution in [3.8, 4) is 0 Å². The maximum atomic E-state index is 12.3. The van der Waals surface area contributed by atoms with Crippen LogP contribution in [0.5, 0.6) is 0 Å². The van der Waals surface area contributed by atoms with Gasteiger partial charge in [-0.1, -0.05) is 37.3 Å². The molecule has 1 saturated heterocycles. The number of aromatic amines is 1. The van der Waals surface area contributed by atoms with Gasteiger partial charge in [-0.15, -0.1) is 0 Å². The minimum absolute atomic E-state index is 0.00602. The number of nitrogens with one attached hydrogen (secondary N) is 5. The second-order valence-corrected chi connectivity index (χ2v) is 6.75. The number of amides is 2. The summed E-state index contributed by atoms with van der Waals surface area (Å²) >= 11 is 5.15. The minimum atomic E-state index is -0.442. The van der Waals surface area contributed by atoms with Gasteiger partial charge in [0, 0.05) is 12.5 Å². The predicted octanol–water partition coefficient (Wildman–Crippen LogP) is 0.648. The molecule has 5 N–H and O–H groups in total. The number of rotatable bonds is 6. The van der Waals surface area contributed by atoms with Crippen LogP contribution in [0, 0.1) is 4.77 Å². The molecule has 1 fully saturated rings. The van der Waals surface area contributed by atoms with Crippen molar-refractivity contribution in [3.63, 3.8) is 0 Å². The summed E-state index contributed by atoms with van der Waals surface area (Å²) in [6, 6.07) is 9.47. The number of carbonyl (C=O) groups is 2. The molecule has 9 nitrogen and oxygen atoms in total. The number of aromatic nitrogens is 3. The van der Waals surface area contributed by atoms with Crippen molar-refractivity contribution >= 4 is 24.0 Å². The van der Waals surface area contributed by atoms with Crippen molar-refractivity contribution < 1.29 is 9.59 Å². The van der Waals surface area contributed by atoms with Crippen LogP contribution in [0.3, 0.4) is 0 Å². The fourth-order valence-corrected chi connectivity index (χ4v) is 3.18. The molecule has 2 atom stereocenters. The Morgan fingerprint density at radius 1 is 1.26 bits per heavy atom. The van der Waals surface area contributed by atoms with Gasteiger partial charge >= 0.3 is 0 Å². The average Bonchev–Trinajstić information content (AvgIpc) is 3.30. The summed E-state index contributed by atoms with van der Waals surface area (Å²) in [5, 5.41) is 6.80. The molecule has 2 unspecified atom stereocenters. The van der Waals surface area contributed by atoms with E-state index in [0.29, 0.717) is 17.6 Å². The Kier molecular flexibility index (Phi) is 6.32. The van der Waals surface area contributed by atoms with Crippen molar-refractivity contribution in [1.29, 1.82) is 0 Å². The van der Waals surface area contributed by atoms with Crippen LogP contribution < -0.4 is 21.7 Å². The summed E-state index contributed by atoms with van der Waals surface area (Å²) in [6.07, 6.45) is 2.19. The zero-order valence-corrected chi connectivity index (χ0v) is 15.8. The summed E-state index contributed by atoms with van der Waals surface area (Å²) in [5.74, 6) is 0.0407. The molecular formula is C17H23N7O2S. The molecule has 144 valence electrons. The van der Waals surface area contributed by atoms with E-state index in [2.05, 4.69) is 31.9 Å². The first kappa shape index (κ1) is 19.2. The molecule has 3 rings (SSSR count). The van der Waals surface area contributed by atoms with E-state index in [9.17, 15) is 9.59 Å². The molecule has 1 aromatic carbocycles. The van der Waals surface area contributed by atoms with Crippen molar-refractivity contribution in [2.24, 2.45) is 0 Å². The van der Waals surface area contributed by atoms with Crippen molar-refractivity contribution in [2.75, 3.05) is 0 Å². The second kappa shape index (κ2) is 8.89. The summed E-state index contributed by atoms with van der Waals surface area (Å²) in [4.78, 5) is 24.4. The molecule has 2 amide bonds. The molecule has 0 bridgehead atoms. The fraction of sp³-hybridized carbons (Fsp3) is 0.412. The topological polar surface area (TPSA) is 116 Å². The number of hydrazine groups is 2. The SMILES string of the molecule is CCCc1n[nH]c(=S)n1CC(=O)NNC(=O)C1CC(c2ccccc2)NN1. The standard InChI is InChI=1S/C17H23N7O2S/c1-2-6-14-20-23-17(27)24(14)10-15(25)21-22-16(26)13-9-12(18-19-13)11-7-4-3-5-8-11/h3-5,7-8,12-13,18-19H,2,6,9-10H2,1H3,(H,21,25)(H,22,26)(H,23,27). The number of hydrogen-bond acceptors (Lipinski definition) is 6. The molecule has 1 aromatic heterocycles. The van der Waals surface area contributed by atoms with Crippen LogP contribution in [0.15, 0.2) is 30.3 Å².